The maximum atomic E-state index is 10.5. The fraction of sp³-hybridized carbons (Fsp3) is 0.474. The molecule has 0 saturated heterocycles. The first-order valence-corrected chi connectivity index (χ1v) is 8.28. The predicted molar refractivity (Wildman–Crippen MR) is 88.7 cm³/mol. The van der Waals surface area contributed by atoms with Gasteiger partial charge in [-0.15, -0.1) is 0 Å². The van der Waals surface area contributed by atoms with Crippen molar-refractivity contribution in [3.63, 3.8) is 0 Å². The Balaban J connectivity index is 1.42. The highest BCUT2D eigenvalue weighted by atomic mass is 16.3. The number of benzene rings is 1. The SMILES string of the molecule is OC1=CCC(CCNCC2CCc3ccccc3C2O)C=C1. The summed E-state index contributed by atoms with van der Waals surface area (Å²) in [5.41, 5.74) is 2.40. The van der Waals surface area contributed by atoms with Crippen molar-refractivity contribution in [1.29, 1.82) is 0 Å². The van der Waals surface area contributed by atoms with Crippen molar-refractivity contribution in [2.45, 2.75) is 31.8 Å². The summed E-state index contributed by atoms with van der Waals surface area (Å²) in [6.45, 7) is 1.82. The van der Waals surface area contributed by atoms with Gasteiger partial charge in [0.1, 0.15) is 5.76 Å². The van der Waals surface area contributed by atoms with Crippen LogP contribution in [-0.2, 0) is 6.42 Å². The van der Waals surface area contributed by atoms with Crippen molar-refractivity contribution in [2.24, 2.45) is 11.8 Å². The summed E-state index contributed by atoms with van der Waals surface area (Å²) in [4.78, 5) is 0. The average molecular weight is 299 g/mol. The minimum absolute atomic E-state index is 0.306. The van der Waals surface area contributed by atoms with Gasteiger partial charge in [-0.3, -0.25) is 0 Å². The second kappa shape index (κ2) is 7.12. The molecule has 0 aromatic heterocycles. The van der Waals surface area contributed by atoms with Gasteiger partial charge in [0, 0.05) is 12.5 Å². The molecule has 3 heteroatoms. The van der Waals surface area contributed by atoms with Crippen LogP contribution in [0.25, 0.3) is 0 Å². The fourth-order valence-electron chi connectivity index (χ4n) is 3.46. The van der Waals surface area contributed by atoms with Gasteiger partial charge in [-0.25, -0.2) is 0 Å². The number of rotatable bonds is 5. The molecule has 0 bridgehead atoms. The number of allylic oxidation sites excluding steroid dienone is 3. The molecule has 22 heavy (non-hydrogen) atoms. The van der Waals surface area contributed by atoms with Gasteiger partial charge in [-0.05, 0) is 61.4 Å². The zero-order valence-corrected chi connectivity index (χ0v) is 12.9. The van der Waals surface area contributed by atoms with Crippen LogP contribution >= 0.6 is 0 Å². The molecule has 3 N–H and O–H groups in total. The molecule has 3 rings (SSSR count). The van der Waals surface area contributed by atoms with Crippen molar-refractivity contribution in [2.75, 3.05) is 13.1 Å². The third kappa shape index (κ3) is 3.60. The molecule has 0 amide bonds. The molecule has 0 aliphatic heterocycles. The van der Waals surface area contributed by atoms with Gasteiger partial charge in [-0.2, -0.15) is 0 Å². The van der Waals surface area contributed by atoms with E-state index in [1.165, 1.54) is 5.56 Å². The quantitative estimate of drug-likeness (QED) is 0.731. The highest BCUT2D eigenvalue weighted by Crippen LogP contribution is 2.33. The van der Waals surface area contributed by atoms with Crippen LogP contribution in [0.2, 0.25) is 0 Å². The van der Waals surface area contributed by atoms with Crippen LogP contribution in [0.1, 0.15) is 36.5 Å². The van der Waals surface area contributed by atoms with Crippen LogP contribution < -0.4 is 5.32 Å². The number of nitrogens with one attached hydrogen (secondary N) is 1. The lowest BCUT2D eigenvalue weighted by molar-refractivity contribution is 0.0929. The Labute approximate surface area is 132 Å². The summed E-state index contributed by atoms with van der Waals surface area (Å²) >= 11 is 0. The standard InChI is InChI=1S/C19H25NO2/c21-17-9-5-14(6-10-17)11-12-20-13-16-8-7-15-3-1-2-4-18(15)19(16)22/h1-5,9-10,14,16,19-22H,6-8,11-13H2. The lowest BCUT2D eigenvalue weighted by Gasteiger charge is -2.30. The van der Waals surface area contributed by atoms with E-state index in [4.69, 9.17) is 0 Å². The summed E-state index contributed by atoms with van der Waals surface area (Å²) in [5, 5.41) is 23.3. The first-order chi connectivity index (χ1) is 10.7. The van der Waals surface area contributed by atoms with Crippen LogP contribution in [0.15, 0.2) is 48.3 Å². The number of fused-ring (bicyclic) bond motifs is 1. The van der Waals surface area contributed by atoms with Crippen molar-refractivity contribution < 1.29 is 10.2 Å². The van der Waals surface area contributed by atoms with Gasteiger partial charge in [-0.1, -0.05) is 30.3 Å². The Bertz CT molecular complexity index is 564. The van der Waals surface area contributed by atoms with E-state index in [-0.39, 0.29) is 6.10 Å². The molecule has 118 valence electrons. The summed E-state index contributed by atoms with van der Waals surface area (Å²) in [7, 11) is 0. The predicted octanol–water partition coefficient (Wildman–Crippen LogP) is 3.28. The second-order valence-corrected chi connectivity index (χ2v) is 6.42. The normalized spacial score (nSPS) is 27.3. The van der Waals surface area contributed by atoms with Gasteiger partial charge < -0.3 is 15.5 Å². The minimum atomic E-state index is -0.341. The maximum Gasteiger partial charge on any atom is 0.111 e. The van der Waals surface area contributed by atoms with Crippen molar-refractivity contribution in [3.05, 3.63) is 59.4 Å². The highest BCUT2D eigenvalue weighted by molar-refractivity contribution is 5.31. The Morgan fingerprint density at radius 3 is 2.91 bits per heavy atom. The van der Waals surface area contributed by atoms with E-state index in [1.807, 2.05) is 18.2 Å². The minimum Gasteiger partial charge on any atom is -0.508 e. The molecule has 0 heterocycles. The average Bonchev–Trinajstić information content (AvgIpc) is 2.55. The van der Waals surface area contributed by atoms with Crippen LogP contribution in [0, 0.1) is 11.8 Å². The lowest BCUT2D eigenvalue weighted by atomic mass is 9.81. The van der Waals surface area contributed by atoms with Gasteiger partial charge >= 0.3 is 0 Å². The zero-order chi connectivity index (χ0) is 15.4. The van der Waals surface area contributed by atoms with E-state index >= 15 is 0 Å². The molecule has 2 aliphatic rings. The van der Waals surface area contributed by atoms with Gasteiger partial charge in [0.2, 0.25) is 0 Å². The third-order valence-corrected chi connectivity index (χ3v) is 4.87. The summed E-state index contributed by atoms with van der Waals surface area (Å²) < 4.78 is 0. The van der Waals surface area contributed by atoms with E-state index in [0.717, 1.165) is 44.3 Å². The number of aliphatic hydroxyl groups excluding tert-OH is 2. The zero-order valence-electron chi connectivity index (χ0n) is 12.9. The molecule has 3 nitrogen and oxygen atoms in total. The van der Waals surface area contributed by atoms with E-state index < -0.39 is 0 Å². The monoisotopic (exact) mass is 299 g/mol. The second-order valence-electron chi connectivity index (χ2n) is 6.42. The van der Waals surface area contributed by atoms with Crippen molar-refractivity contribution >= 4 is 0 Å². The van der Waals surface area contributed by atoms with E-state index in [0.29, 0.717) is 17.6 Å². The number of aryl methyl sites for hydroxylation is 1. The lowest BCUT2D eigenvalue weighted by Crippen LogP contribution is -2.31. The Morgan fingerprint density at radius 1 is 1.23 bits per heavy atom. The van der Waals surface area contributed by atoms with Gasteiger partial charge in [0.05, 0.1) is 6.10 Å². The largest absolute Gasteiger partial charge is 0.508 e. The number of hydrogen-bond donors (Lipinski definition) is 3. The summed E-state index contributed by atoms with van der Waals surface area (Å²) in [5.74, 6) is 1.20. The molecule has 0 saturated carbocycles. The first kappa shape index (κ1) is 15.3. The highest BCUT2D eigenvalue weighted by Gasteiger charge is 2.27. The molecular formula is C19H25NO2. The van der Waals surface area contributed by atoms with Crippen molar-refractivity contribution in [3.8, 4) is 0 Å². The Morgan fingerprint density at radius 2 is 2.09 bits per heavy atom. The van der Waals surface area contributed by atoms with E-state index in [9.17, 15) is 10.2 Å². The molecule has 1 aromatic carbocycles. The summed E-state index contributed by atoms with van der Waals surface area (Å²) in [6.07, 6.45) is 9.51. The molecule has 0 spiro atoms. The van der Waals surface area contributed by atoms with Crippen molar-refractivity contribution in [1.82, 2.24) is 5.32 Å². The molecule has 0 fully saturated rings. The molecule has 3 atom stereocenters. The molecule has 1 aromatic rings. The molecule has 2 aliphatic carbocycles. The van der Waals surface area contributed by atoms with Crippen LogP contribution in [0.4, 0.5) is 0 Å². The number of hydrogen-bond acceptors (Lipinski definition) is 3. The first-order valence-electron chi connectivity index (χ1n) is 8.28. The fourth-order valence-corrected chi connectivity index (χ4v) is 3.46. The van der Waals surface area contributed by atoms with Crippen LogP contribution in [0.5, 0.6) is 0 Å². The Hall–Kier alpha value is -1.58. The van der Waals surface area contributed by atoms with Crippen LogP contribution in [0.3, 0.4) is 0 Å². The third-order valence-electron chi connectivity index (χ3n) is 4.87. The molecular weight excluding hydrogens is 274 g/mol. The van der Waals surface area contributed by atoms with Crippen LogP contribution in [-0.4, -0.2) is 23.3 Å². The summed E-state index contributed by atoms with van der Waals surface area (Å²) in [6, 6.07) is 8.24. The molecule has 3 unspecified atom stereocenters. The van der Waals surface area contributed by atoms with Gasteiger partial charge in [0.25, 0.3) is 0 Å². The van der Waals surface area contributed by atoms with E-state index in [1.54, 1.807) is 6.08 Å². The molecule has 0 radical (unpaired) electrons. The topological polar surface area (TPSA) is 52.5 Å². The smallest absolute Gasteiger partial charge is 0.111 e. The maximum absolute atomic E-state index is 10.5. The van der Waals surface area contributed by atoms with E-state index in [2.05, 4.69) is 23.5 Å². The number of aliphatic hydroxyl groups is 2. The Kier molecular flexibility index (Phi) is 4.96. The van der Waals surface area contributed by atoms with Gasteiger partial charge in [0.15, 0.2) is 0 Å².